The van der Waals surface area contributed by atoms with Crippen LogP contribution in [0.5, 0.6) is 5.75 Å². The summed E-state index contributed by atoms with van der Waals surface area (Å²) in [5.74, 6) is 0.190. The molecule has 148 valence electrons. The summed E-state index contributed by atoms with van der Waals surface area (Å²) in [6.45, 7) is 0.934. The number of aliphatic imine (C=N–C) groups is 2. The average molecular weight is 390 g/mol. The molecule has 2 heterocycles. The van der Waals surface area contributed by atoms with Crippen molar-refractivity contribution in [2.75, 3.05) is 19.9 Å². The van der Waals surface area contributed by atoms with Gasteiger partial charge in [-0.1, -0.05) is 48.6 Å². The van der Waals surface area contributed by atoms with Crippen LogP contribution in [0.15, 0.2) is 88.8 Å². The zero-order valence-corrected chi connectivity index (χ0v) is 15.8. The summed E-state index contributed by atoms with van der Waals surface area (Å²) >= 11 is 0. The van der Waals surface area contributed by atoms with Gasteiger partial charge >= 0.3 is 0 Å². The van der Waals surface area contributed by atoms with Crippen LogP contribution >= 0.6 is 0 Å². The molecule has 0 aliphatic carbocycles. The van der Waals surface area contributed by atoms with Crippen LogP contribution in [0.4, 0.5) is 0 Å². The molecule has 1 amide bonds. The summed E-state index contributed by atoms with van der Waals surface area (Å²) in [6, 6.07) is 7.71. The molecule has 29 heavy (non-hydrogen) atoms. The van der Waals surface area contributed by atoms with Gasteiger partial charge in [0.15, 0.2) is 13.1 Å². The number of amides is 1. The van der Waals surface area contributed by atoms with Gasteiger partial charge in [0, 0.05) is 18.0 Å². The van der Waals surface area contributed by atoms with Gasteiger partial charge in [-0.15, -0.1) is 0 Å². The Bertz CT molecular complexity index is 939. The molecule has 7 nitrogen and oxygen atoms in total. The number of benzene rings is 1. The number of fused-ring (bicyclic) bond motifs is 3. The molecule has 0 saturated heterocycles. The van der Waals surface area contributed by atoms with Crippen LogP contribution in [-0.2, 0) is 9.53 Å². The van der Waals surface area contributed by atoms with Crippen molar-refractivity contribution in [3.05, 3.63) is 84.4 Å². The van der Waals surface area contributed by atoms with Crippen molar-refractivity contribution in [2.45, 2.75) is 0 Å². The van der Waals surface area contributed by atoms with Crippen molar-refractivity contribution in [3.8, 4) is 5.75 Å². The minimum absolute atomic E-state index is 0.130. The lowest BCUT2D eigenvalue weighted by atomic mass is 10.2. The summed E-state index contributed by atoms with van der Waals surface area (Å²) in [5.41, 5.74) is 7.45. The maximum absolute atomic E-state index is 11.7. The molecule has 1 aromatic carbocycles. The van der Waals surface area contributed by atoms with Gasteiger partial charge in [0.2, 0.25) is 0 Å². The Morgan fingerprint density at radius 2 is 2.00 bits per heavy atom. The number of hydrogen-bond donors (Lipinski definition) is 1. The lowest BCUT2D eigenvalue weighted by Gasteiger charge is -2.13. The Labute approximate surface area is 169 Å². The van der Waals surface area contributed by atoms with E-state index in [1.165, 1.54) is 12.6 Å². The third-order valence-corrected chi connectivity index (χ3v) is 4.01. The Morgan fingerprint density at radius 3 is 2.90 bits per heavy atom. The molecule has 0 saturated carbocycles. The quantitative estimate of drug-likeness (QED) is 0.798. The number of carbonyl (C=O) groups excluding carboxylic acids is 1. The van der Waals surface area contributed by atoms with Crippen LogP contribution in [0.25, 0.3) is 6.08 Å². The third kappa shape index (κ3) is 6.07. The lowest BCUT2D eigenvalue weighted by Crippen LogP contribution is -2.25. The zero-order chi connectivity index (χ0) is 20.3. The smallest absolute Gasteiger partial charge is 0.265 e. The standard InChI is InChI=1S/C22H22N4O3/c23-22(27)20-14-19-15-26(20)12-11-24-16-28-13-7-3-1-2-4-8-18-9-5-6-10-21(18)29-17-25-19/h1-12,14,16H,13,15,17H2,(H2,23,27). The second-order valence-corrected chi connectivity index (χ2v) is 6.04. The summed E-state index contributed by atoms with van der Waals surface area (Å²) < 4.78 is 11.1. The normalized spacial score (nSPS) is 17.0. The second kappa shape index (κ2) is 10.5. The maximum Gasteiger partial charge on any atom is 0.265 e. The van der Waals surface area contributed by atoms with Gasteiger partial charge in [-0.25, -0.2) is 9.98 Å². The summed E-state index contributed by atoms with van der Waals surface area (Å²) in [6.07, 6.45) is 17.6. The number of nitrogens with two attached hydrogens (primary N) is 1. The van der Waals surface area contributed by atoms with Crippen LogP contribution in [0, 0.1) is 0 Å². The number of ether oxygens (including phenoxy) is 2. The van der Waals surface area contributed by atoms with E-state index in [1.54, 1.807) is 17.2 Å². The minimum Gasteiger partial charge on any atom is -0.479 e. The van der Waals surface area contributed by atoms with Gasteiger partial charge in [0.25, 0.3) is 5.91 Å². The first kappa shape index (κ1) is 19.9. The van der Waals surface area contributed by atoms with Gasteiger partial charge in [-0.2, -0.15) is 0 Å². The van der Waals surface area contributed by atoms with Gasteiger partial charge in [-0.05, 0) is 18.2 Å². The van der Waals surface area contributed by atoms with Crippen molar-refractivity contribution < 1.29 is 14.3 Å². The van der Waals surface area contributed by atoms with Gasteiger partial charge in [0.05, 0.1) is 12.3 Å². The van der Waals surface area contributed by atoms with E-state index in [0.29, 0.717) is 24.6 Å². The fourth-order valence-corrected chi connectivity index (χ4v) is 2.64. The number of carbonyl (C=O) groups is 1. The molecule has 2 bridgehead atoms. The molecular weight excluding hydrogens is 368 g/mol. The fraction of sp³-hybridized carbons (Fsp3) is 0.136. The first-order valence-corrected chi connectivity index (χ1v) is 9.07. The number of nitrogens with zero attached hydrogens (tertiary/aromatic N) is 3. The van der Waals surface area contributed by atoms with Gasteiger partial charge < -0.3 is 20.1 Å². The Hall–Kier alpha value is -3.87. The highest BCUT2D eigenvalue weighted by molar-refractivity contribution is 6.07. The number of allylic oxidation sites excluding steroid dienone is 4. The summed E-state index contributed by atoms with van der Waals surface area (Å²) in [5, 5.41) is 0. The average Bonchev–Trinajstić information content (AvgIpc) is 3.12. The zero-order valence-electron chi connectivity index (χ0n) is 15.8. The number of para-hydroxylation sites is 1. The molecule has 0 fully saturated rings. The molecule has 0 unspecified atom stereocenters. The van der Waals surface area contributed by atoms with Crippen LogP contribution in [0.1, 0.15) is 5.56 Å². The van der Waals surface area contributed by atoms with Crippen molar-refractivity contribution in [3.63, 3.8) is 0 Å². The van der Waals surface area contributed by atoms with E-state index in [-0.39, 0.29) is 6.73 Å². The molecule has 2 N–H and O–H groups in total. The number of hydrogen-bond acceptors (Lipinski definition) is 6. The molecule has 0 aromatic heterocycles. The molecule has 0 radical (unpaired) electrons. The molecule has 3 rings (SSSR count). The van der Waals surface area contributed by atoms with Crippen molar-refractivity contribution in [2.24, 2.45) is 15.7 Å². The third-order valence-electron chi connectivity index (χ3n) is 4.01. The topological polar surface area (TPSA) is 89.5 Å². The summed E-state index contributed by atoms with van der Waals surface area (Å²) in [4.78, 5) is 21.8. The molecule has 2 aliphatic rings. The van der Waals surface area contributed by atoms with E-state index in [2.05, 4.69) is 9.98 Å². The predicted molar refractivity (Wildman–Crippen MR) is 114 cm³/mol. The lowest BCUT2D eigenvalue weighted by molar-refractivity contribution is -0.115. The van der Waals surface area contributed by atoms with Crippen LogP contribution in [0.2, 0.25) is 0 Å². The largest absolute Gasteiger partial charge is 0.479 e. The van der Waals surface area contributed by atoms with Gasteiger partial charge in [0.1, 0.15) is 18.1 Å². The van der Waals surface area contributed by atoms with Crippen LogP contribution < -0.4 is 10.5 Å². The van der Waals surface area contributed by atoms with E-state index < -0.39 is 5.91 Å². The fourth-order valence-electron chi connectivity index (χ4n) is 2.64. The molecule has 7 heteroatoms. The van der Waals surface area contributed by atoms with E-state index >= 15 is 0 Å². The van der Waals surface area contributed by atoms with Crippen molar-refractivity contribution >= 4 is 24.1 Å². The Kier molecular flexibility index (Phi) is 7.17. The first-order valence-electron chi connectivity index (χ1n) is 9.07. The molecular formula is C22H22N4O3. The van der Waals surface area contributed by atoms with Crippen LogP contribution in [-0.4, -0.2) is 42.8 Å². The first-order chi connectivity index (χ1) is 14.2. The molecule has 2 aliphatic heterocycles. The maximum atomic E-state index is 11.7. The molecule has 1 aromatic rings. The minimum atomic E-state index is -0.535. The van der Waals surface area contributed by atoms with Crippen molar-refractivity contribution in [1.29, 1.82) is 0 Å². The number of primary amides is 1. The monoisotopic (exact) mass is 390 g/mol. The second-order valence-electron chi connectivity index (χ2n) is 6.04. The van der Waals surface area contributed by atoms with E-state index in [9.17, 15) is 4.79 Å². The van der Waals surface area contributed by atoms with Gasteiger partial charge in [-0.3, -0.25) is 4.79 Å². The van der Waals surface area contributed by atoms with E-state index in [4.69, 9.17) is 15.2 Å². The predicted octanol–water partition coefficient (Wildman–Crippen LogP) is 2.80. The van der Waals surface area contributed by atoms with Crippen LogP contribution in [0.3, 0.4) is 0 Å². The highest BCUT2D eigenvalue weighted by atomic mass is 16.5. The van der Waals surface area contributed by atoms with Crippen molar-refractivity contribution in [1.82, 2.24) is 4.90 Å². The van der Waals surface area contributed by atoms with E-state index in [0.717, 1.165) is 11.3 Å². The Morgan fingerprint density at radius 1 is 1.14 bits per heavy atom. The Balaban J connectivity index is 1.82. The molecule has 0 atom stereocenters. The summed E-state index contributed by atoms with van der Waals surface area (Å²) in [7, 11) is 0. The van der Waals surface area contributed by atoms with E-state index in [1.807, 2.05) is 60.7 Å². The SMILES string of the molecule is NC(=O)C1=CC2=NCOc3ccccc3C=CC=CC=CCOC=NC=CN1C2. The molecule has 0 spiro atoms. The highest BCUT2D eigenvalue weighted by Crippen LogP contribution is 2.20. The number of rotatable bonds is 1. The highest BCUT2D eigenvalue weighted by Gasteiger charge is 2.21.